The lowest BCUT2D eigenvalue weighted by Crippen LogP contribution is -2.38. The van der Waals surface area contributed by atoms with Crippen LogP contribution >= 0.6 is 0 Å². The maximum atomic E-state index is 14.5. The van der Waals surface area contributed by atoms with Crippen LogP contribution in [0.4, 0.5) is 15.8 Å². The molecule has 6 nitrogen and oxygen atoms in total. The van der Waals surface area contributed by atoms with Gasteiger partial charge in [0.2, 0.25) is 0 Å². The maximum absolute atomic E-state index is 14.5. The molecule has 0 saturated carbocycles. The second-order valence-electron chi connectivity index (χ2n) is 11.0. The van der Waals surface area contributed by atoms with Crippen LogP contribution in [0.15, 0.2) is 66.7 Å². The number of anilines is 2. The van der Waals surface area contributed by atoms with Gasteiger partial charge in [-0.15, -0.1) is 0 Å². The Balaban J connectivity index is 1.18. The number of hydrogen-bond acceptors (Lipinski definition) is 5. The summed E-state index contributed by atoms with van der Waals surface area (Å²) < 4.78 is 26.3. The van der Waals surface area contributed by atoms with Crippen molar-refractivity contribution in [3.05, 3.63) is 83.7 Å². The van der Waals surface area contributed by atoms with Gasteiger partial charge < -0.3 is 24.4 Å². The number of halogens is 1. The van der Waals surface area contributed by atoms with E-state index in [-0.39, 0.29) is 24.4 Å². The Kier molecular flexibility index (Phi) is 8.78. The van der Waals surface area contributed by atoms with Gasteiger partial charge in [-0.2, -0.15) is 0 Å². The summed E-state index contributed by atoms with van der Waals surface area (Å²) in [5.41, 5.74) is 4.17. The first-order valence-corrected chi connectivity index (χ1v) is 14.4. The Hall–Kier alpha value is -3.74. The van der Waals surface area contributed by atoms with E-state index >= 15 is 0 Å². The fourth-order valence-electron chi connectivity index (χ4n) is 6.16. The summed E-state index contributed by atoms with van der Waals surface area (Å²) in [5.74, 6) is 0.899. The van der Waals surface area contributed by atoms with Gasteiger partial charge in [0.25, 0.3) is 0 Å². The third-order valence-electron chi connectivity index (χ3n) is 8.00. The van der Waals surface area contributed by atoms with E-state index in [1.807, 2.05) is 31.2 Å². The Labute approximate surface area is 236 Å². The number of hydrogen-bond donors (Lipinski definition) is 1. The molecule has 0 amide bonds. The van der Waals surface area contributed by atoms with Crippen LogP contribution in [0, 0.1) is 18.7 Å². The molecule has 2 saturated heterocycles. The van der Waals surface area contributed by atoms with E-state index in [2.05, 4.69) is 41.0 Å². The number of carboxylic acid groups (broad SMARTS) is 1. The number of carbonyl (C=O) groups is 1. The standard InChI is InChI=1S/C33H39FN2O4/c1-3-39-30-11-12-31(34)32(21-30)35-15-13-29(14-16-35)40-28-9-7-26(8-10-28)36-22-25(19-27(36)20-33(37)38)18-24-6-4-5-23(2)17-24/h4-12,17,21,25,27,29H,3,13-16,18-20,22H2,1-2H3,(H,37,38)/t25-,27-/m1/s1. The van der Waals surface area contributed by atoms with Gasteiger partial charge in [-0.3, -0.25) is 4.79 Å². The van der Waals surface area contributed by atoms with Gasteiger partial charge in [-0.1, -0.05) is 29.8 Å². The first-order valence-electron chi connectivity index (χ1n) is 14.4. The van der Waals surface area contributed by atoms with E-state index in [1.165, 1.54) is 17.2 Å². The molecule has 0 aromatic heterocycles. The molecule has 0 spiro atoms. The number of aliphatic carboxylic acids is 1. The number of benzene rings is 3. The van der Waals surface area contributed by atoms with E-state index in [9.17, 15) is 14.3 Å². The zero-order valence-corrected chi connectivity index (χ0v) is 23.4. The van der Waals surface area contributed by atoms with Crippen molar-refractivity contribution in [3.63, 3.8) is 0 Å². The Morgan fingerprint density at radius 2 is 1.77 bits per heavy atom. The van der Waals surface area contributed by atoms with E-state index in [4.69, 9.17) is 9.47 Å². The summed E-state index contributed by atoms with van der Waals surface area (Å²) in [6.07, 6.45) is 3.61. The Bertz CT molecular complexity index is 1290. The molecular weight excluding hydrogens is 507 g/mol. The number of ether oxygens (including phenoxy) is 2. The quantitative estimate of drug-likeness (QED) is 0.314. The largest absolute Gasteiger partial charge is 0.494 e. The lowest BCUT2D eigenvalue weighted by atomic mass is 9.95. The molecule has 40 heavy (non-hydrogen) atoms. The van der Waals surface area contributed by atoms with Crippen molar-refractivity contribution in [2.75, 3.05) is 36.0 Å². The minimum absolute atomic E-state index is 0.0231. The molecule has 2 atom stereocenters. The molecule has 2 aliphatic heterocycles. The molecule has 212 valence electrons. The normalized spacial score (nSPS) is 19.6. The molecule has 2 aliphatic rings. The SMILES string of the molecule is CCOc1ccc(F)c(N2CCC(Oc3ccc(N4C[C@H](Cc5cccc(C)c5)C[C@@H]4CC(=O)O)cc3)CC2)c1. The van der Waals surface area contributed by atoms with Crippen molar-refractivity contribution in [2.24, 2.45) is 5.92 Å². The van der Waals surface area contributed by atoms with Gasteiger partial charge in [-0.05, 0) is 74.6 Å². The van der Waals surface area contributed by atoms with Crippen LogP contribution in [-0.2, 0) is 11.2 Å². The fraction of sp³-hybridized carbons (Fsp3) is 0.424. The van der Waals surface area contributed by atoms with Crippen molar-refractivity contribution in [2.45, 2.75) is 58.1 Å². The predicted molar refractivity (Wildman–Crippen MR) is 156 cm³/mol. The lowest BCUT2D eigenvalue weighted by molar-refractivity contribution is -0.137. The molecule has 1 N–H and O–H groups in total. The monoisotopic (exact) mass is 546 g/mol. The fourth-order valence-corrected chi connectivity index (χ4v) is 6.16. The van der Waals surface area contributed by atoms with E-state index in [0.717, 1.165) is 43.7 Å². The highest BCUT2D eigenvalue weighted by Gasteiger charge is 2.34. The summed E-state index contributed by atoms with van der Waals surface area (Å²) in [6, 6.07) is 21.5. The summed E-state index contributed by atoms with van der Waals surface area (Å²) >= 11 is 0. The first kappa shape index (κ1) is 27.8. The molecule has 5 rings (SSSR count). The molecule has 0 bridgehead atoms. The van der Waals surface area contributed by atoms with Gasteiger partial charge >= 0.3 is 5.97 Å². The number of rotatable bonds is 10. The Morgan fingerprint density at radius 1 is 1.02 bits per heavy atom. The zero-order chi connectivity index (χ0) is 28.1. The van der Waals surface area contributed by atoms with Crippen molar-refractivity contribution < 1.29 is 23.8 Å². The lowest BCUT2D eigenvalue weighted by Gasteiger charge is -2.34. The maximum Gasteiger partial charge on any atom is 0.305 e. The van der Waals surface area contributed by atoms with Crippen LogP contribution < -0.4 is 19.3 Å². The van der Waals surface area contributed by atoms with Gasteiger partial charge in [0, 0.05) is 50.3 Å². The molecule has 3 aromatic carbocycles. The van der Waals surface area contributed by atoms with E-state index in [0.29, 0.717) is 37.1 Å². The Morgan fingerprint density at radius 3 is 2.48 bits per heavy atom. The van der Waals surface area contributed by atoms with Crippen LogP contribution in [-0.4, -0.2) is 49.5 Å². The summed E-state index contributed by atoms with van der Waals surface area (Å²) in [7, 11) is 0. The van der Waals surface area contributed by atoms with Crippen molar-refractivity contribution in [1.82, 2.24) is 0 Å². The topological polar surface area (TPSA) is 62.2 Å². The number of aryl methyl sites for hydroxylation is 1. The smallest absolute Gasteiger partial charge is 0.305 e. The molecule has 0 radical (unpaired) electrons. The minimum atomic E-state index is -0.762. The van der Waals surface area contributed by atoms with Crippen LogP contribution in [0.3, 0.4) is 0 Å². The highest BCUT2D eigenvalue weighted by Crippen LogP contribution is 2.34. The minimum Gasteiger partial charge on any atom is -0.494 e. The van der Waals surface area contributed by atoms with Gasteiger partial charge in [0.05, 0.1) is 18.7 Å². The number of nitrogens with zero attached hydrogens (tertiary/aromatic N) is 2. The molecular formula is C33H39FN2O4. The number of piperidine rings is 1. The first-order chi connectivity index (χ1) is 19.4. The summed E-state index contributed by atoms with van der Waals surface area (Å²) in [5, 5.41) is 9.54. The molecule has 7 heteroatoms. The highest BCUT2D eigenvalue weighted by atomic mass is 19.1. The van der Waals surface area contributed by atoms with Crippen LogP contribution in [0.1, 0.15) is 43.7 Å². The van der Waals surface area contributed by atoms with Gasteiger partial charge in [-0.25, -0.2) is 4.39 Å². The molecule has 3 aromatic rings. The highest BCUT2D eigenvalue weighted by molar-refractivity contribution is 5.69. The third kappa shape index (κ3) is 6.87. The van der Waals surface area contributed by atoms with Crippen LogP contribution in [0.25, 0.3) is 0 Å². The summed E-state index contributed by atoms with van der Waals surface area (Å²) in [4.78, 5) is 15.9. The van der Waals surface area contributed by atoms with Crippen molar-refractivity contribution >= 4 is 17.3 Å². The van der Waals surface area contributed by atoms with Gasteiger partial charge in [0.1, 0.15) is 23.4 Å². The van der Waals surface area contributed by atoms with Crippen LogP contribution in [0.5, 0.6) is 11.5 Å². The van der Waals surface area contributed by atoms with Crippen molar-refractivity contribution in [3.8, 4) is 11.5 Å². The molecule has 2 heterocycles. The molecule has 0 aliphatic carbocycles. The average Bonchev–Trinajstić information content (AvgIpc) is 3.32. The van der Waals surface area contributed by atoms with Gasteiger partial charge in [0.15, 0.2) is 0 Å². The van der Waals surface area contributed by atoms with Crippen molar-refractivity contribution in [1.29, 1.82) is 0 Å². The summed E-state index contributed by atoms with van der Waals surface area (Å²) in [6.45, 7) is 6.83. The van der Waals surface area contributed by atoms with Crippen LogP contribution in [0.2, 0.25) is 0 Å². The molecule has 0 unspecified atom stereocenters. The zero-order valence-electron chi connectivity index (χ0n) is 23.4. The second-order valence-corrected chi connectivity index (χ2v) is 11.0. The second kappa shape index (κ2) is 12.6. The molecule has 2 fully saturated rings. The van der Waals surface area contributed by atoms with E-state index in [1.54, 1.807) is 12.1 Å². The predicted octanol–water partition coefficient (Wildman–Crippen LogP) is 6.49. The number of carboxylic acids is 1. The third-order valence-corrected chi connectivity index (χ3v) is 8.00. The average molecular weight is 547 g/mol. The van der Waals surface area contributed by atoms with E-state index < -0.39 is 5.97 Å².